The zero-order valence-electron chi connectivity index (χ0n) is 19.7. The fourth-order valence-corrected chi connectivity index (χ4v) is 4.42. The molecule has 0 bridgehead atoms. The molecule has 4 aromatic rings. The SMILES string of the molecule is CCOc1ccc2ccccc2c1C(=O)N1CCN(c2cc(-n3cnc(C)c3C)ncn2)CC1. The summed E-state index contributed by atoms with van der Waals surface area (Å²) in [5.74, 6) is 2.29. The molecule has 2 aromatic carbocycles. The lowest BCUT2D eigenvalue weighted by atomic mass is 10.0. The lowest BCUT2D eigenvalue weighted by Gasteiger charge is -2.35. The number of hydrogen-bond acceptors (Lipinski definition) is 6. The lowest BCUT2D eigenvalue weighted by Crippen LogP contribution is -2.49. The number of nitrogens with zero attached hydrogens (tertiary/aromatic N) is 6. The van der Waals surface area contributed by atoms with Gasteiger partial charge in [0.1, 0.15) is 30.0 Å². The van der Waals surface area contributed by atoms with Gasteiger partial charge in [-0.2, -0.15) is 0 Å². The first-order valence-corrected chi connectivity index (χ1v) is 11.6. The molecule has 8 nitrogen and oxygen atoms in total. The van der Waals surface area contributed by atoms with Crippen LogP contribution in [-0.2, 0) is 0 Å². The van der Waals surface area contributed by atoms with E-state index in [2.05, 4.69) is 19.9 Å². The van der Waals surface area contributed by atoms with Crippen LogP contribution in [0.5, 0.6) is 5.75 Å². The Morgan fingerprint density at radius 2 is 1.74 bits per heavy atom. The van der Waals surface area contributed by atoms with Crippen LogP contribution in [0.2, 0.25) is 0 Å². The van der Waals surface area contributed by atoms with Gasteiger partial charge in [-0.25, -0.2) is 15.0 Å². The van der Waals surface area contributed by atoms with Gasteiger partial charge in [0.05, 0.1) is 17.9 Å². The number of carbonyl (C=O) groups is 1. The molecule has 1 aliphatic heterocycles. The Morgan fingerprint density at radius 3 is 2.47 bits per heavy atom. The minimum Gasteiger partial charge on any atom is -0.493 e. The van der Waals surface area contributed by atoms with E-state index in [1.807, 2.05) is 72.7 Å². The zero-order chi connectivity index (χ0) is 23.7. The number of imidazole rings is 1. The van der Waals surface area contributed by atoms with Gasteiger partial charge < -0.3 is 14.5 Å². The van der Waals surface area contributed by atoms with Crippen molar-refractivity contribution in [1.82, 2.24) is 24.4 Å². The number of fused-ring (bicyclic) bond motifs is 1. The molecule has 0 radical (unpaired) electrons. The maximum absolute atomic E-state index is 13.6. The maximum atomic E-state index is 13.6. The van der Waals surface area contributed by atoms with E-state index in [0.29, 0.717) is 44.1 Å². The predicted octanol–water partition coefficient (Wildman–Crippen LogP) is 3.79. The number of carbonyl (C=O) groups excluding carboxylic acids is 1. The summed E-state index contributed by atoms with van der Waals surface area (Å²) < 4.78 is 7.80. The van der Waals surface area contributed by atoms with E-state index in [-0.39, 0.29) is 5.91 Å². The highest BCUT2D eigenvalue weighted by atomic mass is 16.5. The summed E-state index contributed by atoms with van der Waals surface area (Å²) in [6.45, 7) is 9.06. The van der Waals surface area contributed by atoms with Crippen molar-refractivity contribution in [3.05, 3.63) is 72.1 Å². The molecule has 1 fully saturated rings. The van der Waals surface area contributed by atoms with Gasteiger partial charge in [0, 0.05) is 37.9 Å². The van der Waals surface area contributed by atoms with Crippen molar-refractivity contribution in [2.24, 2.45) is 0 Å². The minimum atomic E-state index is 0.00721. The fraction of sp³-hybridized carbons (Fsp3) is 0.308. The Bertz CT molecular complexity index is 1340. The smallest absolute Gasteiger partial charge is 0.258 e. The summed E-state index contributed by atoms with van der Waals surface area (Å²) in [5.41, 5.74) is 2.68. The second-order valence-corrected chi connectivity index (χ2v) is 8.39. The van der Waals surface area contributed by atoms with Gasteiger partial charge in [-0.15, -0.1) is 0 Å². The van der Waals surface area contributed by atoms with Crippen molar-refractivity contribution in [2.75, 3.05) is 37.7 Å². The molecule has 5 rings (SSSR count). The molecule has 0 spiro atoms. The Labute approximate surface area is 198 Å². The highest BCUT2D eigenvalue weighted by Gasteiger charge is 2.27. The summed E-state index contributed by atoms with van der Waals surface area (Å²) in [4.78, 5) is 31.0. The van der Waals surface area contributed by atoms with Crippen LogP contribution in [-0.4, -0.2) is 63.1 Å². The van der Waals surface area contributed by atoms with Gasteiger partial charge in [-0.05, 0) is 37.6 Å². The second-order valence-electron chi connectivity index (χ2n) is 8.39. The third-order valence-corrected chi connectivity index (χ3v) is 6.43. The maximum Gasteiger partial charge on any atom is 0.258 e. The molecule has 1 aliphatic rings. The van der Waals surface area contributed by atoms with Crippen LogP contribution in [0.25, 0.3) is 16.6 Å². The topological polar surface area (TPSA) is 76.4 Å². The van der Waals surface area contributed by atoms with E-state index in [0.717, 1.165) is 33.8 Å². The van der Waals surface area contributed by atoms with Crippen molar-refractivity contribution in [3.63, 3.8) is 0 Å². The van der Waals surface area contributed by atoms with E-state index < -0.39 is 0 Å². The highest BCUT2D eigenvalue weighted by Crippen LogP contribution is 2.30. The highest BCUT2D eigenvalue weighted by molar-refractivity contribution is 6.09. The molecule has 8 heteroatoms. The summed E-state index contributed by atoms with van der Waals surface area (Å²) in [5, 5.41) is 1.96. The van der Waals surface area contributed by atoms with E-state index >= 15 is 0 Å². The van der Waals surface area contributed by atoms with Crippen LogP contribution in [0.15, 0.2) is 55.1 Å². The Balaban J connectivity index is 1.36. The third-order valence-electron chi connectivity index (χ3n) is 6.43. The molecule has 174 valence electrons. The first-order chi connectivity index (χ1) is 16.6. The number of anilines is 1. The van der Waals surface area contributed by atoms with Crippen molar-refractivity contribution < 1.29 is 9.53 Å². The summed E-state index contributed by atoms with van der Waals surface area (Å²) >= 11 is 0. The number of ether oxygens (including phenoxy) is 1. The largest absolute Gasteiger partial charge is 0.493 e. The second kappa shape index (κ2) is 9.13. The normalized spacial score (nSPS) is 14.0. The van der Waals surface area contributed by atoms with Gasteiger partial charge in [0.25, 0.3) is 5.91 Å². The van der Waals surface area contributed by atoms with Crippen LogP contribution in [0.4, 0.5) is 5.82 Å². The molecular weight excluding hydrogens is 428 g/mol. The molecule has 0 unspecified atom stereocenters. The minimum absolute atomic E-state index is 0.00721. The molecule has 0 atom stereocenters. The van der Waals surface area contributed by atoms with Crippen LogP contribution in [0, 0.1) is 13.8 Å². The molecular formula is C26H28N6O2. The third kappa shape index (κ3) is 3.96. The Hall–Kier alpha value is -3.94. The van der Waals surface area contributed by atoms with Gasteiger partial charge in [0.15, 0.2) is 0 Å². The number of hydrogen-bond donors (Lipinski definition) is 0. The van der Waals surface area contributed by atoms with Gasteiger partial charge in [-0.3, -0.25) is 9.36 Å². The molecule has 1 saturated heterocycles. The molecule has 0 aliphatic carbocycles. The standard InChI is InChI=1S/C26H28N6O2/c1-4-34-22-10-9-20-7-5-6-8-21(20)25(22)26(33)31-13-11-30(12-14-31)23-15-24(28-16-27-23)32-17-29-18(2)19(32)3/h5-10,15-17H,4,11-14H2,1-3H3. The number of aromatic nitrogens is 4. The van der Waals surface area contributed by atoms with E-state index in [9.17, 15) is 4.79 Å². The lowest BCUT2D eigenvalue weighted by molar-refractivity contribution is 0.0744. The average molecular weight is 457 g/mol. The number of piperazine rings is 1. The van der Waals surface area contributed by atoms with E-state index in [4.69, 9.17) is 4.74 Å². The molecule has 3 heterocycles. The van der Waals surface area contributed by atoms with E-state index in [1.165, 1.54) is 0 Å². The van der Waals surface area contributed by atoms with Crippen molar-refractivity contribution >= 4 is 22.5 Å². The van der Waals surface area contributed by atoms with Crippen molar-refractivity contribution in [2.45, 2.75) is 20.8 Å². The molecule has 1 amide bonds. The molecule has 2 aromatic heterocycles. The van der Waals surface area contributed by atoms with Crippen LogP contribution in [0.3, 0.4) is 0 Å². The molecule has 34 heavy (non-hydrogen) atoms. The predicted molar refractivity (Wildman–Crippen MR) is 132 cm³/mol. The van der Waals surface area contributed by atoms with Crippen LogP contribution in [0.1, 0.15) is 28.7 Å². The Kier molecular flexibility index (Phi) is 5.88. The molecule has 0 N–H and O–H groups in total. The van der Waals surface area contributed by atoms with Crippen molar-refractivity contribution in [1.29, 1.82) is 0 Å². The average Bonchev–Trinajstić information content (AvgIpc) is 3.22. The summed E-state index contributed by atoms with van der Waals surface area (Å²) in [7, 11) is 0. The first kappa shape index (κ1) is 21.9. The summed E-state index contributed by atoms with van der Waals surface area (Å²) in [6.07, 6.45) is 3.37. The number of amides is 1. The number of rotatable bonds is 5. The van der Waals surface area contributed by atoms with Crippen molar-refractivity contribution in [3.8, 4) is 11.6 Å². The van der Waals surface area contributed by atoms with Gasteiger partial charge in [-0.1, -0.05) is 30.3 Å². The van der Waals surface area contributed by atoms with Gasteiger partial charge in [0.2, 0.25) is 0 Å². The monoisotopic (exact) mass is 456 g/mol. The number of benzene rings is 2. The van der Waals surface area contributed by atoms with Gasteiger partial charge >= 0.3 is 0 Å². The van der Waals surface area contributed by atoms with Crippen LogP contribution < -0.4 is 9.64 Å². The van der Waals surface area contributed by atoms with Crippen LogP contribution >= 0.6 is 0 Å². The zero-order valence-corrected chi connectivity index (χ0v) is 19.7. The summed E-state index contributed by atoms with van der Waals surface area (Å²) in [6, 6.07) is 13.8. The fourth-order valence-electron chi connectivity index (χ4n) is 4.42. The number of aryl methyl sites for hydroxylation is 1. The Morgan fingerprint density at radius 1 is 0.971 bits per heavy atom. The van der Waals surface area contributed by atoms with E-state index in [1.54, 1.807) is 12.7 Å². The molecule has 0 saturated carbocycles. The quantitative estimate of drug-likeness (QED) is 0.455. The first-order valence-electron chi connectivity index (χ1n) is 11.6.